The van der Waals surface area contributed by atoms with Crippen LogP contribution in [-0.4, -0.2) is 49.1 Å². The Morgan fingerprint density at radius 2 is 1.94 bits per heavy atom. The molecule has 1 aliphatic heterocycles. The van der Waals surface area contributed by atoms with Crippen LogP contribution in [0, 0.1) is 6.92 Å². The smallest absolute Gasteiger partial charge is 0.262 e. The van der Waals surface area contributed by atoms with Gasteiger partial charge in [-0.3, -0.25) is 0 Å². The maximum absolute atomic E-state index is 12.1. The third-order valence-electron chi connectivity index (χ3n) is 2.45. The summed E-state index contributed by atoms with van der Waals surface area (Å²) in [6, 6.07) is 3.15. The predicted molar refractivity (Wildman–Crippen MR) is 58.4 cm³/mol. The van der Waals surface area contributed by atoms with Gasteiger partial charge in [0.15, 0.2) is 5.03 Å². The molecule has 0 bridgehead atoms. The van der Waals surface area contributed by atoms with Crippen LogP contribution >= 0.6 is 0 Å². The first-order valence-electron chi connectivity index (χ1n) is 5.12. The molecule has 0 radical (unpaired) electrons. The Labute approximate surface area is 94.7 Å². The molecule has 16 heavy (non-hydrogen) atoms. The van der Waals surface area contributed by atoms with E-state index in [1.54, 1.807) is 13.0 Å². The second kappa shape index (κ2) is 4.44. The average molecular weight is 242 g/mol. The molecule has 1 aliphatic rings. The van der Waals surface area contributed by atoms with E-state index in [1.807, 2.05) is 0 Å². The van der Waals surface area contributed by atoms with Crippen molar-refractivity contribution < 1.29 is 8.42 Å². The molecule has 2 rings (SSSR count). The summed E-state index contributed by atoms with van der Waals surface area (Å²) < 4.78 is 25.6. The van der Waals surface area contributed by atoms with Crippen LogP contribution in [0.25, 0.3) is 0 Å². The molecule has 0 spiro atoms. The third kappa shape index (κ3) is 2.21. The molecule has 1 aromatic heterocycles. The molecule has 0 aromatic carbocycles. The molecule has 7 heteroatoms. The molecule has 0 aliphatic carbocycles. The van der Waals surface area contributed by atoms with E-state index in [2.05, 4.69) is 15.5 Å². The molecule has 6 nitrogen and oxygen atoms in total. The first-order chi connectivity index (χ1) is 7.60. The van der Waals surface area contributed by atoms with Crippen molar-refractivity contribution in [2.24, 2.45) is 0 Å². The number of rotatable bonds is 2. The summed E-state index contributed by atoms with van der Waals surface area (Å²) in [4.78, 5) is 0. The topological polar surface area (TPSA) is 75.2 Å². The number of aromatic nitrogens is 2. The van der Waals surface area contributed by atoms with Gasteiger partial charge in [0.25, 0.3) is 10.0 Å². The Morgan fingerprint density at radius 1 is 1.25 bits per heavy atom. The molecular weight excluding hydrogens is 228 g/mol. The van der Waals surface area contributed by atoms with Gasteiger partial charge in [-0.2, -0.15) is 9.40 Å². The van der Waals surface area contributed by atoms with Gasteiger partial charge >= 0.3 is 0 Å². The molecule has 88 valence electrons. The van der Waals surface area contributed by atoms with Crippen molar-refractivity contribution in [2.45, 2.75) is 11.9 Å². The fraction of sp³-hybridized carbons (Fsp3) is 0.556. The number of hydrogen-bond acceptors (Lipinski definition) is 5. The second-order valence-electron chi connectivity index (χ2n) is 3.67. The van der Waals surface area contributed by atoms with Crippen LogP contribution in [0.3, 0.4) is 0 Å². The van der Waals surface area contributed by atoms with E-state index >= 15 is 0 Å². The van der Waals surface area contributed by atoms with Gasteiger partial charge in [-0.1, -0.05) is 0 Å². The molecule has 0 atom stereocenters. The van der Waals surface area contributed by atoms with E-state index in [0.29, 0.717) is 31.9 Å². The first kappa shape index (κ1) is 11.4. The van der Waals surface area contributed by atoms with Crippen molar-refractivity contribution in [1.29, 1.82) is 0 Å². The zero-order valence-corrected chi connectivity index (χ0v) is 9.87. The Kier molecular flexibility index (Phi) is 3.17. The minimum Gasteiger partial charge on any atom is -0.314 e. The van der Waals surface area contributed by atoms with Gasteiger partial charge in [0.2, 0.25) is 0 Å². The van der Waals surface area contributed by atoms with Crippen LogP contribution in [0.15, 0.2) is 17.2 Å². The lowest BCUT2D eigenvalue weighted by Gasteiger charge is -2.25. The highest BCUT2D eigenvalue weighted by Crippen LogP contribution is 2.12. The second-order valence-corrected chi connectivity index (χ2v) is 5.55. The van der Waals surface area contributed by atoms with E-state index in [-0.39, 0.29) is 5.03 Å². The van der Waals surface area contributed by atoms with Crippen molar-refractivity contribution in [3.8, 4) is 0 Å². The summed E-state index contributed by atoms with van der Waals surface area (Å²) in [6.45, 7) is 4.10. The van der Waals surface area contributed by atoms with Gasteiger partial charge in [-0.15, -0.1) is 5.10 Å². The highest BCUT2D eigenvalue weighted by Gasteiger charge is 2.27. The maximum atomic E-state index is 12.1. The predicted octanol–water partition coefficient (Wildman–Crippen LogP) is -0.621. The SMILES string of the molecule is Cc1ccc(S(=O)(=O)N2CCNCC2)nn1. The van der Waals surface area contributed by atoms with Crippen molar-refractivity contribution in [2.75, 3.05) is 26.2 Å². The van der Waals surface area contributed by atoms with Crippen LogP contribution in [-0.2, 0) is 10.0 Å². The van der Waals surface area contributed by atoms with Gasteiger partial charge < -0.3 is 5.32 Å². The van der Waals surface area contributed by atoms with Crippen LogP contribution in [0.5, 0.6) is 0 Å². The van der Waals surface area contributed by atoms with E-state index in [4.69, 9.17) is 0 Å². The molecule has 1 N–H and O–H groups in total. The number of piperazine rings is 1. The van der Waals surface area contributed by atoms with Gasteiger partial charge in [-0.25, -0.2) is 8.42 Å². The van der Waals surface area contributed by atoms with E-state index in [9.17, 15) is 8.42 Å². The average Bonchev–Trinajstić information content (AvgIpc) is 2.31. The molecule has 1 saturated heterocycles. The molecule has 0 amide bonds. The molecule has 0 saturated carbocycles. The molecule has 0 unspecified atom stereocenters. The molecule has 2 heterocycles. The fourth-order valence-corrected chi connectivity index (χ4v) is 2.85. The number of nitrogens with one attached hydrogen (secondary N) is 1. The summed E-state index contributed by atoms with van der Waals surface area (Å²) in [6.07, 6.45) is 0. The van der Waals surface area contributed by atoms with Crippen LogP contribution in [0.4, 0.5) is 0 Å². The molecular formula is C9H14N4O2S. The first-order valence-corrected chi connectivity index (χ1v) is 6.56. The Balaban J connectivity index is 2.27. The van der Waals surface area contributed by atoms with E-state index < -0.39 is 10.0 Å². The van der Waals surface area contributed by atoms with E-state index in [1.165, 1.54) is 10.4 Å². The lowest BCUT2D eigenvalue weighted by atomic mass is 10.4. The van der Waals surface area contributed by atoms with Crippen molar-refractivity contribution in [3.05, 3.63) is 17.8 Å². The Bertz CT molecular complexity index is 451. The number of nitrogens with zero attached hydrogens (tertiary/aromatic N) is 3. The Morgan fingerprint density at radius 3 is 2.50 bits per heavy atom. The lowest BCUT2D eigenvalue weighted by Crippen LogP contribution is -2.46. The largest absolute Gasteiger partial charge is 0.314 e. The van der Waals surface area contributed by atoms with Gasteiger partial charge in [0.05, 0.1) is 5.69 Å². The highest BCUT2D eigenvalue weighted by molar-refractivity contribution is 7.89. The van der Waals surface area contributed by atoms with Crippen LogP contribution < -0.4 is 5.32 Å². The van der Waals surface area contributed by atoms with Gasteiger partial charge in [0.1, 0.15) is 0 Å². The van der Waals surface area contributed by atoms with Gasteiger partial charge in [-0.05, 0) is 19.1 Å². The number of aryl methyl sites for hydroxylation is 1. The number of sulfonamides is 1. The Hall–Kier alpha value is -1.05. The van der Waals surface area contributed by atoms with Crippen molar-refractivity contribution in [1.82, 2.24) is 19.8 Å². The van der Waals surface area contributed by atoms with Gasteiger partial charge in [0, 0.05) is 26.2 Å². The van der Waals surface area contributed by atoms with E-state index in [0.717, 1.165) is 0 Å². The third-order valence-corrected chi connectivity index (χ3v) is 4.24. The molecule has 1 aromatic rings. The standard InChI is InChI=1S/C9H14N4O2S/c1-8-2-3-9(12-11-8)16(14,15)13-6-4-10-5-7-13/h2-3,10H,4-7H2,1H3. The summed E-state index contributed by atoms with van der Waals surface area (Å²) >= 11 is 0. The zero-order valence-electron chi connectivity index (χ0n) is 9.05. The molecule has 1 fully saturated rings. The minimum atomic E-state index is -3.46. The number of hydrogen-bond donors (Lipinski definition) is 1. The van der Waals surface area contributed by atoms with Crippen LogP contribution in [0.2, 0.25) is 0 Å². The normalized spacial score (nSPS) is 18.6. The summed E-state index contributed by atoms with van der Waals surface area (Å²) in [5.74, 6) is 0. The quantitative estimate of drug-likeness (QED) is 0.748. The summed E-state index contributed by atoms with van der Waals surface area (Å²) in [5, 5.41) is 10.6. The lowest BCUT2D eigenvalue weighted by molar-refractivity contribution is 0.358. The summed E-state index contributed by atoms with van der Waals surface area (Å²) in [7, 11) is -3.46. The van der Waals surface area contributed by atoms with Crippen molar-refractivity contribution >= 4 is 10.0 Å². The maximum Gasteiger partial charge on any atom is 0.262 e. The zero-order chi connectivity index (χ0) is 11.6. The monoisotopic (exact) mass is 242 g/mol. The van der Waals surface area contributed by atoms with Crippen molar-refractivity contribution in [3.63, 3.8) is 0 Å². The highest BCUT2D eigenvalue weighted by atomic mass is 32.2. The van der Waals surface area contributed by atoms with Crippen LogP contribution in [0.1, 0.15) is 5.69 Å². The summed E-state index contributed by atoms with van der Waals surface area (Å²) in [5.41, 5.74) is 0.708. The fourth-order valence-electron chi connectivity index (χ4n) is 1.54. The minimum absolute atomic E-state index is 0.0278.